The van der Waals surface area contributed by atoms with Crippen LogP contribution in [0.25, 0.3) is 16.7 Å². The second kappa shape index (κ2) is 6.74. The van der Waals surface area contributed by atoms with Gasteiger partial charge in [0.2, 0.25) is 16.8 Å². The number of nitrogens with zero attached hydrogens (tertiary/aromatic N) is 5. The van der Waals surface area contributed by atoms with Gasteiger partial charge in [-0.05, 0) is 32.0 Å². The van der Waals surface area contributed by atoms with E-state index in [1.54, 1.807) is 22.7 Å². The highest BCUT2D eigenvalue weighted by Gasteiger charge is 2.17. The average molecular weight is 378 g/mol. The van der Waals surface area contributed by atoms with Gasteiger partial charge in [-0.3, -0.25) is 4.79 Å². The number of amides is 1. The molecule has 1 amide bonds. The molecule has 4 aromatic rings. The predicted molar refractivity (Wildman–Crippen MR) is 101 cm³/mol. The van der Waals surface area contributed by atoms with Crippen LogP contribution in [0.4, 0.5) is 5.69 Å². The SMILES string of the molecule is Cc1cc(C)n2nc(SCC(=O)Nc3c(C#N)oc4ccccc34)nc2n1. The van der Waals surface area contributed by atoms with Gasteiger partial charge in [0.05, 0.1) is 5.75 Å². The number of rotatable bonds is 4. The number of hydrogen-bond acceptors (Lipinski definition) is 7. The van der Waals surface area contributed by atoms with Crippen LogP contribution in [-0.2, 0) is 4.79 Å². The van der Waals surface area contributed by atoms with Crippen molar-refractivity contribution in [2.24, 2.45) is 0 Å². The van der Waals surface area contributed by atoms with Gasteiger partial charge in [-0.2, -0.15) is 10.2 Å². The smallest absolute Gasteiger partial charge is 0.253 e. The molecule has 4 rings (SSSR count). The van der Waals surface area contributed by atoms with Crippen LogP contribution in [-0.4, -0.2) is 31.2 Å². The third-order valence-electron chi connectivity index (χ3n) is 3.89. The van der Waals surface area contributed by atoms with Crippen molar-refractivity contribution in [3.05, 3.63) is 47.5 Å². The average Bonchev–Trinajstić information content (AvgIpc) is 3.21. The van der Waals surface area contributed by atoms with E-state index < -0.39 is 0 Å². The minimum Gasteiger partial charge on any atom is -0.443 e. The summed E-state index contributed by atoms with van der Waals surface area (Å²) in [5.74, 6) is 0.403. The Labute approximate surface area is 158 Å². The minimum absolute atomic E-state index is 0.0794. The largest absolute Gasteiger partial charge is 0.443 e. The van der Waals surface area contributed by atoms with Crippen molar-refractivity contribution in [2.45, 2.75) is 19.0 Å². The summed E-state index contributed by atoms with van der Waals surface area (Å²) in [6.07, 6.45) is 0. The molecule has 8 nitrogen and oxygen atoms in total. The van der Waals surface area contributed by atoms with Crippen LogP contribution in [0.5, 0.6) is 0 Å². The fraction of sp³-hybridized carbons (Fsp3) is 0.167. The van der Waals surface area contributed by atoms with E-state index in [1.807, 2.05) is 32.0 Å². The number of hydrogen-bond donors (Lipinski definition) is 1. The van der Waals surface area contributed by atoms with Crippen molar-refractivity contribution in [3.63, 3.8) is 0 Å². The molecule has 0 radical (unpaired) electrons. The van der Waals surface area contributed by atoms with Crippen LogP contribution in [0.1, 0.15) is 17.1 Å². The van der Waals surface area contributed by atoms with Crippen molar-refractivity contribution in [1.82, 2.24) is 19.6 Å². The maximum atomic E-state index is 12.4. The van der Waals surface area contributed by atoms with E-state index in [0.717, 1.165) is 11.4 Å². The van der Waals surface area contributed by atoms with E-state index in [2.05, 4.69) is 20.4 Å². The molecule has 0 bridgehead atoms. The molecule has 9 heteroatoms. The second-order valence-electron chi connectivity index (χ2n) is 5.90. The normalized spacial score (nSPS) is 11.0. The number of aromatic nitrogens is 4. The van der Waals surface area contributed by atoms with E-state index in [-0.39, 0.29) is 17.4 Å². The summed E-state index contributed by atoms with van der Waals surface area (Å²) in [4.78, 5) is 21.0. The Bertz CT molecular complexity index is 1220. The Morgan fingerprint density at radius 1 is 1.33 bits per heavy atom. The quantitative estimate of drug-likeness (QED) is 0.543. The molecule has 0 aliphatic carbocycles. The van der Waals surface area contributed by atoms with E-state index in [0.29, 0.717) is 27.6 Å². The van der Waals surface area contributed by atoms with Crippen molar-refractivity contribution < 1.29 is 9.21 Å². The number of fused-ring (bicyclic) bond motifs is 2. The minimum atomic E-state index is -0.275. The Morgan fingerprint density at radius 2 is 2.15 bits per heavy atom. The molecule has 0 fully saturated rings. The standard InChI is InChI=1S/C18H14N6O2S/c1-10-7-11(2)24-17(20-10)22-18(23-24)27-9-15(25)21-16-12-5-3-4-6-13(12)26-14(16)8-19/h3-7H,9H2,1-2H3,(H,21,25). The third-order valence-corrected chi connectivity index (χ3v) is 4.73. The first-order chi connectivity index (χ1) is 13.0. The molecule has 1 N–H and O–H groups in total. The van der Waals surface area contributed by atoms with Gasteiger partial charge >= 0.3 is 0 Å². The molecule has 3 aromatic heterocycles. The number of nitriles is 1. The summed E-state index contributed by atoms with van der Waals surface area (Å²) in [5.41, 5.74) is 2.72. The number of thioether (sulfide) groups is 1. The molecule has 3 heterocycles. The lowest BCUT2D eigenvalue weighted by molar-refractivity contribution is -0.113. The van der Waals surface area contributed by atoms with Gasteiger partial charge in [-0.15, -0.1) is 5.10 Å². The van der Waals surface area contributed by atoms with Gasteiger partial charge < -0.3 is 9.73 Å². The highest BCUT2D eigenvalue weighted by molar-refractivity contribution is 7.99. The van der Waals surface area contributed by atoms with E-state index in [1.165, 1.54) is 11.8 Å². The topological polar surface area (TPSA) is 109 Å². The number of benzene rings is 1. The molecule has 0 spiro atoms. The molecule has 134 valence electrons. The lowest BCUT2D eigenvalue weighted by Gasteiger charge is -2.02. The van der Waals surface area contributed by atoms with Gasteiger partial charge in [0.15, 0.2) is 0 Å². The summed E-state index contributed by atoms with van der Waals surface area (Å²) < 4.78 is 7.10. The lowest BCUT2D eigenvalue weighted by atomic mass is 10.2. The summed E-state index contributed by atoms with van der Waals surface area (Å²) in [6.45, 7) is 3.81. The predicted octanol–water partition coefficient (Wildman–Crippen LogP) is 3.09. The molecule has 0 saturated carbocycles. The van der Waals surface area contributed by atoms with E-state index in [9.17, 15) is 10.1 Å². The summed E-state index contributed by atoms with van der Waals surface area (Å²) in [7, 11) is 0. The Morgan fingerprint density at radius 3 is 2.96 bits per heavy atom. The summed E-state index contributed by atoms with van der Waals surface area (Å²) in [6, 6.07) is 11.1. The second-order valence-corrected chi connectivity index (χ2v) is 6.84. The molecule has 1 aromatic carbocycles. The Kier molecular flexibility index (Phi) is 4.25. The highest BCUT2D eigenvalue weighted by Crippen LogP contribution is 2.30. The van der Waals surface area contributed by atoms with Crippen LogP contribution in [0, 0.1) is 25.2 Å². The number of furan rings is 1. The van der Waals surface area contributed by atoms with E-state index in [4.69, 9.17) is 4.42 Å². The van der Waals surface area contributed by atoms with Crippen molar-refractivity contribution >= 4 is 40.1 Å². The Balaban J connectivity index is 1.51. The number of carbonyl (C=O) groups is 1. The van der Waals surface area contributed by atoms with Gasteiger partial charge in [0, 0.05) is 16.8 Å². The number of carbonyl (C=O) groups excluding carboxylic acids is 1. The molecule has 0 atom stereocenters. The van der Waals surface area contributed by atoms with Gasteiger partial charge in [0.25, 0.3) is 5.78 Å². The zero-order valence-electron chi connectivity index (χ0n) is 14.6. The summed E-state index contributed by atoms with van der Waals surface area (Å²) >= 11 is 1.20. The zero-order chi connectivity index (χ0) is 19.0. The number of anilines is 1. The Hall–Kier alpha value is -3.38. The van der Waals surface area contributed by atoms with Crippen LogP contribution < -0.4 is 5.32 Å². The van der Waals surface area contributed by atoms with Crippen LogP contribution >= 0.6 is 11.8 Å². The van der Waals surface area contributed by atoms with Crippen LogP contribution in [0.3, 0.4) is 0 Å². The van der Waals surface area contributed by atoms with Crippen LogP contribution in [0.15, 0.2) is 39.9 Å². The molecule has 0 unspecified atom stereocenters. The maximum absolute atomic E-state index is 12.4. The van der Waals surface area contributed by atoms with Gasteiger partial charge in [0.1, 0.15) is 17.3 Å². The first kappa shape index (κ1) is 17.1. The van der Waals surface area contributed by atoms with Gasteiger partial charge in [-0.1, -0.05) is 23.9 Å². The van der Waals surface area contributed by atoms with Gasteiger partial charge in [-0.25, -0.2) is 9.50 Å². The monoisotopic (exact) mass is 378 g/mol. The maximum Gasteiger partial charge on any atom is 0.253 e. The molecule has 0 aliphatic heterocycles. The molecular formula is C18H14N6O2S. The fourth-order valence-electron chi connectivity index (χ4n) is 2.76. The first-order valence-electron chi connectivity index (χ1n) is 8.10. The molecule has 27 heavy (non-hydrogen) atoms. The van der Waals surface area contributed by atoms with Crippen molar-refractivity contribution in [2.75, 3.05) is 11.1 Å². The number of para-hydroxylation sites is 1. The number of nitrogens with one attached hydrogen (secondary N) is 1. The highest BCUT2D eigenvalue weighted by atomic mass is 32.2. The molecular weight excluding hydrogens is 364 g/mol. The first-order valence-corrected chi connectivity index (χ1v) is 9.09. The zero-order valence-corrected chi connectivity index (χ0v) is 15.4. The number of aryl methyl sites for hydroxylation is 2. The fourth-order valence-corrected chi connectivity index (χ4v) is 3.38. The molecule has 0 aliphatic rings. The lowest BCUT2D eigenvalue weighted by Crippen LogP contribution is -2.14. The third kappa shape index (κ3) is 3.22. The van der Waals surface area contributed by atoms with Crippen LogP contribution in [0.2, 0.25) is 0 Å². The summed E-state index contributed by atoms with van der Waals surface area (Å²) in [5, 5.41) is 17.5. The van der Waals surface area contributed by atoms with E-state index >= 15 is 0 Å². The van der Waals surface area contributed by atoms with Crippen molar-refractivity contribution in [3.8, 4) is 6.07 Å². The molecule has 0 saturated heterocycles. The van der Waals surface area contributed by atoms with Crippen molar-refractivity contribution in [1.29, 1.82) is 5.26 Å².